The van der Waals surface area contributed by atoms with Crippen LogP contribution >= 0.6 is 15.9 Å². The summed E-state index contributed by atoms with van der Waals surface area (Å²) in [6.07, 6.45) is 1.43. The van der Waals surface area contributed by atoms with Crippen molar-refractivity contribution >= 4 is 21.8 Å². The summed E-state index contributed by atoms with van der Waals surface area (Å²) in [5.41, 5.74) is 3.25. The zero-order valence-electron chi connectivity index (χ0n) is 16.9. The fourth-order valence-corrected chi connectivity index (χ4v) is 4.67. The van der Waals surface area contributed by atoms with Crippen LogP contribution in [0.2, 0.25) is 0 Å². The molecule has 2 aliphatic heterocycles. The molecule has 0 saturated carbocycles. The third kappa shape index (κ3) is 4.65. The highest BCUT2D eigenvalue weighted by Gasteiger charge is 2.29. The molecule has 0 spiro atoms. The van der Waals surface area contributed by atoms with Crippen LogP contribution in [0.15, 0.2) is 46.9 Å². The van der Waals surface area contributed by atoms with Gasteiger partial charge in [0.15, 0.2) is 0 Å². The van der Waals surface area contributed by atoms with Gasteiger partial charge < -0.3 is 14.4 Å². The zero-order valence-corrected chi connectivity index (χ0v) is 18.5. The maximum absolute atomic E-state index is 12.2. The van der Waals surface area contributed by atoms with Gasteiger partial charge in [0.05, 0.1) is 6.61 Å². The van der Waals surface area contributed by atoms with Gasteiger partial charge in [-0.1, -0.05) is 46.3 Å². The topological polar surface area (TPSA) is 42.0 Å². The van der Waals surface area contributed by atoms with Crippen molar-refractivity contribution in [1.82, 2.24) is 9.80 Å². The summed E-state index contributed by atoms with van der Waals surface area (Å²) < 4.78 is 13.3. The van der Waals surface area contributed by atoms with E-state index in [1.807, 2.05) is 44.4 Å². The number of halogens is 1. The summed E-state index contributed by atoms with van der Waals surface area (Å²) in [6, 6.07) is 14.3. The predicted octanol–water partition coefficient (Wildman–Crippen LogP) is 4.36. The van der Waals surface area contributed by atoms with Crippen LogP contribution in [-0.2, 0) is 22.7 Å². The molecular formula is C23H27BrN2O3. The van der Waals surface area contributed by atoms with Gasteiger partial charge in [-0.25, -0.2) is 0 Å². The molecule has 1 atom stereocenters. The number of ether oxygens (including phenoxy) is 2. The first kappa shape index (κ1) is 20.4. The second kappa shape index (κ2) is 8.86. The Morgan fingerprint density at radius 1 is 1.17 bits per heavy atom. The number of carbonyl (C=O) groups is 1. The number of benzene rings is 2. The second-order valence-electron chi connectivity index (χ2n) is 8.01. The van der Waals surface area contributed by atoms with E-state index in [1.54, 1.807) is 4.90 Å². The van der Waals surface area contributed by atoms with Gasteiger partial charge in [-0.3, -0.25) is 9.69 Å². The molecule has 2 heterocycles. The molecular weight excluding hydrogens is 432 g/mol. The largest absolute Gasteiger partial charge is 0.460 e. The monoisotopic (exact) mass is 458 g/mol. The Morgan fingerprint density at radius 3 is 2.59 bits per heavy atom. The number of hydrogen-bond acceptors (Lipinski definition) is 4. The standard InChI is InChI=1S/C23H27BrN2O3/c1-25(2)22(27)16-8-10-26(11-9-16)14-18-12-20(24)13-19-15-28-23(29-21(18)19)17-6-4-3-5-7-17/h3-7,12-13,16,23H,8-11,14-15H2,1-2H3. The van der Waals surface area contributed by atoms with Crippen molar-refractivity contribution in [3.05, 3.63) is 63.6 Å². The average Bonchev–Trinajstić information content (AvgIpc) is 2.74. The third-order valence-corrected chi connectivity index (χ3v) is 6.12. The second-order valence-corrected chi connectivity index (χ2v) is 8.92. The molecule has 2 aliphatic rings. The van der Waals surface area contributed by atoms with E-state index in [0.717, 1.165) is 59.4 Å². The van der Waals surface area contributed by atoms with Crippen molar-refractivity contribution in [2.24, 2.45) is 5.92 Å². The van der Waals surface area contributed by atoms with E-state index in [-0.39, 0.29) is 18.1 Å². The number of carbonyl (C=O) groups excluding carboxylic acids is 1. The molecule has 4 rings (SSSR count). The molecule has 1 fully saturated rings. The molecule has 1 saturated heterocycles. The minimum atomic E-state index is -0.382. The van der Waals surface area contributed by atoms with Gasteiger partial charge in [-0.2, -0.15) is 0 Å². The summed E-state index contributed by atoms with van der Waals surface area (Å²) in [5.74, 6) is 1.32. The van der Waals surface area contributed by atoms with Crippen LogP contribution in [0.3, 0.4) is 0 Å². The normalized spacial score (nSPS) is 20.0. The fourth-order valence-electron chi connectivity index (χ4n) is 4.11. The van der Waals surface area contributed by atoms with Gasteiger partial charge in [0, 0.05) is 47.7 Å². The lowest BCUT2D eigenvalue weighted by molar-refractivity contribution is -0.134. The highest BCUT2D eigenvalue weighted by atomic mass is 79.9. The predicted molar refractivity (Wildman–Crippen MR) is 115 cm³/mol. The number of hydrogen-bond donors (Lipinski definition) is 0. The average molecular weight is 459 g/mol. The number of fused-ring (bicyclic) bond motifs is 1. The molecule has 0 radical (unpaired) electrons. The Hall–Kier alpha value is -1.89. The van der Waals surface area contributed by atoms with Crippen molar-refractivity contribution < 1.29 is 14.3 Å². The summed E-state index contributed by atoms with van der Waals surface area (Å²) in [6.45, 7) is 3.18. The number of likely N-dealkylation sites (tertiary alicyclic amines) is 1. The van der Waals surface area contributed by atoms with Gasteiger partial charge in [0.25, 0.3) is 0 Å². The van der Waals surface area contributed by atoms with Crippen molar-refractivity contribution in [2.45, 2.75) is 32.3 Å². The Labute approximate surface area is 180 Å². The quantitative estimate of drug-likeness (QED) is 0.682. The Kier molecular flexibility index (Phi) is 6.23. The molecule has 2 aromatic carbocycles. The van der Waals surface area contributed by atoms with Gasteiger partial charge in [0.1, 0.15) is 5.75 Å². The van der Waals surface area contributed by atoms with Gasteiger partial charge in [-0.15, -0.1) is 0 Å². The summed E-state index contributed by atoms with van der Waals surface area (Å²) in [5, 5.41) is 0. The Balaban J connectivity index is 1.48. The molecule has 1 amide bonds. The van der Waals surface area contributed by atoms with Crippen molar-refractivity contribution in [2.75, 3.05) is 27.2 Å². The lowest BCUT2D eigenvalue weighted by atomic mass is 9.95. The van der Waals surface area contributed by atoms with Crippen LogP contribution in [0.1, 0.15) is 35.8 Å². The van der Waals surface area contributed by atoms with Gasteiger partial charge in [-0.05, 0) is 38.1 Å². The van der Waals surface area contributed by atoms with E-state index in [2.05, 4.69) is 33.0 Å². The van der Waals surface area contributed by atoms with E-state index >= 15 is 0 Å². The number of amides is 1. The molecule has 6 heteroatoms. The van der Waals surface area contributed by atoms with Gasteiger partial charge in [0.2, 0.25) is 12.2 Å². The van der Waals surface area contributed by atoms with E-state index in [9.17, 15) is 4.79 Å². The molecule has 1 unspecified atom stereocenters. The summed E-state index contributed by atoms with van der Waals surface area (Å²) >= 11 is 3.63. The number of rotatable bonds is 4. The van der Waals surface area contributed by atoms with Crippen LogP contribution in [0.4, 0.5) is 0 Å². The van der Waals surface area contributed by atoms with Crippen molar-refractivity contribution in [3.63, 3.8) is 0 Å². The highest BCUT2D eigenvalue weighted by molar-refractivity contribution is 9.10. The maximum Gasteiger partial charge on any atom is 0.227 e. The van der Waals surface area contributed by atoms with E-state index in [1.165, 1.54) is 0 Å². The zero-order chi connectivity index (χ0) is 20.4. The Bertz CT molecular complexity index is 864. The minimum Gasteiger partial charge on any atom is -0.460 e. The van der Waals surface area contributed by atoms with E-state index in [4.69, 9.17) is 9.47 Å². The summed E-state index contributed by atoms with van der Waals surface area (Å²) in [4.78, 5) is 16.4. The number of piperidine rings is 1. The molecule has 0 bridgehead atoms. The number of nitrogens with zero attached hydrogens (tertiary/aromatic N) is 2. The van der Waals surface area contributed by atoms with Crippen LogP contribution < -0.4 is 4.74 Å². The van der Waals surface area contributed by atoms with Crippen molar-refractivity contribution in [1.29, 1.82) is 0 Å². The van der Waals surface area contributed by atoms with Crippen LogP contribution in [0.5, 0.6) is 5.75 Å². The first-order valence-corrected chi connectivity index (χ1v) is 10.9. The lowest BCUT2D eigenvalue weighted by Crippen LogP contribution is -2.39. The Morgan fingerprint density at radius 2 is 1.90 bits per heavy atom. The maximum atomic E-state index is 12.2. The molecule has 2 aromatic rings. The first-order chi connectivity index (χ1) is 14.0. The minimum absolute atomic E-state index is 0.143. The van der Waals surface area contributed by atoms with Gasteiger partial charge >= 0.3 is 0 Å². The molecule has 0 aliphatic carbocycles. The smallest absolute Gasteiger partial charge is 0.227 e. The van der Waals surface area contributed by atoms with Crippen LogP contribution in [0.25, 0.3) is 0 Å². The van der Waals surface area contributed by atoms with Crippen LogP contribution in [0, 0.1) is 5.92 Å². The fraction of sp³-hybridized carbons (Fsp3) is 0.435. The molecule has 5 nitrogen and oxygen atoms in total. The van der Waals surface area contributed by atoms with E-state index in [0.29, 0.717) is 6.61 Å². The molecule has 0 N–H and O–H groups in total. The van der Waals surface area contributed by atoms with Crippen LogP contribution in [-0.4, -0.2) is 42.9 Å². The molecule has 29 heavy (non-hydrogen) atoms. The summed E-state index contributed by atoms with van der Waals surface area (Å²) in [7, 11) is 3.68. The third-order valence-electron chi connectivity index (χ3n) is 5.67. The first-order valence-electron chi connectivity index (χ1n) is 10.1. The molecule has 154 valence electrons. The SMILES string of the molecule is CN(C)C(=O)C1CCN(Cc2cc(Br)cc3c2OC(c2ccccc2)OC3)CC1. The highest BCUT2D eigenvalue weighted by Crippen LogP contribution is 2.38. The molecule has 0 aromatic heterocycles. The van der Waals surface area contributed by atoms with Crippen molar-refractivity contribution in [3.8, 4) is 5.75 Å². The van der Waals surface area contributed by atoms with E-state index < -0.39 is 0 Å². The lowest BCUT2D eigenvalue weighted by Gasteiger charge is -2.34.